The number of aromatic nitrogens is 2. The number of hydrogen-bond donors (Lipinski definition) is 2. The predicted octanol–water partition coefficient (Wildman–Crippen LogP) is -0.131. The Kier molecular flexibility index (Phi) is 4.80. The van der Waals surface area contributed by atoms with Crippen LogP contribution in [0.2, 0.25) is 0 Å². The summed E-state index contributed by atoms with van der Waals surface area (Å²) in [7, 11) is 3.29. The van der Waals surface area contributed by atoms with Crippen LogP contribution in [0.15, 0.2) is 12.4 Å². The van der Waals surface area contributed by atoms with Crippen molar-refractivity contribution in [2.24, 2.45) is 5.84 Å². The molecule has 1 aromatic rings. The Morgan fingerprint density at radius 1 is 1.59 bits per heavy atom. The van der Waals surface area contributed by atoms with Crippen LogP contribution >= 0.6 is 0 Å². The number of nitrogens with zero attached hydrogens (tertiary/aromatic N) is 3. The van der Waals surface area contributed by atoms with Crippen molar-refractivity contribution in [2.45, 2.75) is 13.0 Å². The molecule has 0 aromatic carbocycles. The summed E-state index contributed by atoms with van der Waals surface area (Å²) < 4.78 is 4.99. The van der Waals surface area contributed by atoms with Crippen LogP contribution in [0.1, 0.15) is 17.4 Å². The lowest BCUT2D eigenvalue weighted by Gasteiger charge is -2.23. The molecule has 0 fully saturated rings. The molecule has 3 N–H and O–H groups in total. The summed E-state index contributed by atoms with van der Waals surface area (Å²) in [5.41, 5.74) is 2.62. The fourth-order valence-electron chi connectivity index (χ4n) is 1.25. The summed E-state index contributed by atoms with van der Waals surface area (Å²) in [6, 6.07) is -0.0263. The maximum atomic E-state index is 12.0. The van der Waals surface area contributed by atoms with E-state index in [2.05, 4.69) is 15.4 Å². The third-order valence-electron chi connectivity index (χ3n) is 2.41. The number of methoxy groups -OCH3 is 1. The predicted molar refractivity (Wildman–Crippen MR) is 63.3 cm³/mol. The number of anilines is 1. The molecule has 0 saturated carbocycles. The highest BCUT2D eigenvalue weighted by molar-refractivity contribution is 5.92. The molecule has 7 nitrogen and oxygen atoms in total. The standard InChI is InChI=1S/C10H17N5O2/c1-7(6-17-3)15(2)10(16)8-4-13-9(14-11)5-12-8/h4-5,7H,6,11H2,1-3H3,(H,13,14). The summed E-state index contributed by atoms with van der Waals surface area (Å²) in [6.07, 6.45) is 2.79. The molecule has 1 amide bonds. The van der Waals surface area contributed by atoms with Gasteiger partial charge in [0.2, 0.25) is 0 Å². The van der Waals surface area contributed by atoms with Crippen molar-refractivity contribution in [3.63, 3.8) is 0 Å². The third kappa shape index (κ3) is 3.36. The lowest BCUT2D eigenvalue weighted by Crippen LogP contribution is -2.38. The number of rotatable bonds is 5. The molecular weight excluding hydrogens is 222 g/mol. The summed E-state index contributed by atoms with van der Waals surface area (Å²) in [5, 5.41) is 0. The van der Waals surface area contributed by atoms with Crippen LogP contribution in [-0.4, -0.2) is 47.6 Å². The monoisotopic (exact) mass is 239 g/mol. The molecule has 1 heterocycles. The molecule has 0 aliphatic heterocycles. The fraction of sp³-hybridized carbons (Fsp3) is 0.500. The van der Waals surface area contributed by atoms with Crippen molar-refractivity contribution < 1.29 is 9.53 Å². The molecule has 1 unspecified atom stereocenters. The van der Waals surface area contributed by atoms with Gasteiger partial charge in [-0.15, -0.1) is 0 Å². The molecule has 0 aliphatic rings. The van der Waals surface area contributed by atoms with E-state index in [0.29, 0.717) is 12.4 Å². The topological polar surface area (TPSA) is 93.4 Å². The maximum Gasteiger partial charge on any atom is 0.274 e. The van der Waals surface area contributed by atoms with Crippen molar-refractivity contribution in [1.82, 2.24) is 14.9 Å². The molecule has 0 spiro atoms. The summed E-state index contributed by atoms with van der Waals surface area (Å²) in [4.78, 5) is 21.4. The van der Waals surface area contributed by atoms with Gasteiger partial charge in [0.15, 0.2) is 5.82 Å². The number of hydrazine groups is 1. The van der Waals surface area contributed by atoms with Crippen LogP contribution in [0.3, 0.4) is 0 Å². The van der Waals surface area contributed by atoms with Crippen LogP contribution in [-0.2, 0) is 4.74 Å². The van der Waals surface area contributed by atoms with Gasteiger partial charge in [0.25, 0.3) is 5.91 Å². The van der Waals surface area contributed by atoms with Gasteiger partial charge < -0.3 is 15.1 Å². The fourth-order valence-corrected chi connectivity index (χ4v) is 1.25. The molecular formula is C10H17N5O2. The van der Waals surface area contributed by atoms with E-state index in [-0.39, 0.29) is 17.6 Å². The van der Waals surface area contributed by atoms with E-state index in [0.717, 1.165) is 0 Å². The first-order chi connectivity index (χ1) is 8.10. The van der Waals surface area contributed by atoms with Gasteiger partial charge in [0.05, 0.1) is 25.0 Å². The van der Waals surface area contributed by atoms with Crippen molar-refractivity contribution in [3.8, 4) is 0 Å². The van der Waals surface area contributed by atoms with Crippen molar-refractivity contribution >= 4 is 11.7 Å². The SMILES string of the molecule is COCC(C)N(C)C(=O)c1cnc(NN)cn1. The lowest BCUT2D eigenvalue weighted by atomic mass is 10.3. The number of nitrogens with one attached hydrogen (secondary N) is 1. The summed E-state index contributed by atoms with van der Waals surface area (Å²) >= 11 is 0. The second-order valence-electron chi connectivity index (χ2n) is 3.65. The van der Waals surface area contributed by atoms with E-state index in [1.165, 1.54) is 12.4 Å². The van der Waals surface area contributed by atoms with Crippen LogP contribution in [0.25, 0.3) is 0 Å². The second kappa shape index (κ2) is 6.12. The van der Waals surface area contributed by atoms with Gasteiger partial charge in [0.1, 0.15) is 5.69 Å². The average Bonchev–Trinajstić information content (AvgIpc) is 2.37. The van der Waals surface area contributed by atoms with Gasteiger partial charge in [-0.2, -0.15) is 0 Å². The number of nitrogens with two attached hydrogens (primary N) is 1. The van der Waals surface area contributed by atoms with Crippen LogP contribution in [0, 0.1) is 0 Å². The summed E-state index contributed by atoms with van der Waals surface area (Å²) in [5.74, 6) is 5.37. The summed E-state index contributed by atoms with van der Waals surface area (Å²) in [6.45, 7) is 2.36. The van der Waals surface area contributed by atoms with E-state index in [1.807, 2.05) is 6.92 Å². The van der Waals surface area contributed by atoms with Crippen molar-refractivity contribution in [1.29, 1.82) is 0 Å². The minimum atomic E-state index is -0.203. The molecule has 0 aliphatic carbocycles. The molecule has 0 bridgehead atoms. The number of ether oxygens (including phenoxy) is 1. The van der Waals surface area contributed by atoms with Gasteiger partial charge in [-0.3, -0.25) is 4.79 Å². The van der Waals surface area contributed by atoms with Gasteiger partial charge in [-0.25, -0.2) is 15.8 Å². The minimum Gasteiger partial charge on any atom is -0.383 e. The van der Waals surface area contributed by atoms with Gasteiger partial charge in [0, 0.05) is 14.2 Å². The smallest absolute Gasteiger partial charge is 0.274 e. The van der Waals surface area contributed by atoms with Crippen molar-refractivity contribution in [3.05, 3.63) is 18.1 Å². The van der Waals surface area contributed by atoms with E-state index in [4.69, 9.17) is 10.6 Å². The Morgan fingerprint density at radius 3 is 2.76 bits per heavy atom. The Morgan fingerprint density at radius 2 is 2.29 bits per heavy atom. The largest absolute Gasteiger partial charge is 0.383 e. The Balaban J connectivity index is 2.74. The van der Waals surface area contributed by atoms with Gasteiger partial charge in [-0.1, -0.05) is 0 Å². The van der Waals surface area contributed by atoms with E-state index in [1.54, 1.807) is 19.1 Å². The number of likely N-dealkylation sites (N-methyl/N-ethyl adjacent to an activating group) is 1. The quantitative estimate of drug-likeness (QED) is 0.549. The molecule has 1 atom stereocenters. The number of carbonyl (C=O) groups excluding carboxylic acids is 1. The molecule has 94 valence electrons. The Labute approximate surface area is 100.0 Å². The Hall–Kier alpha value is -1.73. The second-order valence-corrected chi connectivity index (χ2v) is 3.65. The zero-order valence-corrected chi connectivity index (χ0v) is 10.2. The van der Waals surface area contributed by atoms with E-state index in [9.17, 15) is 4.79 Å². The first-order valence-corrected chi connectivity index (χ1v) is 5.15. The third-order valence-corrected chi connectivity index (χ3v) is 2.41. The Bertz CT molecular complexity index is 367. The average molecular weight is 239 g/mol. The lowest BCUT2D eigenvalue weighted by molar-refractivity contribution is 0.0627. The van der Waals surface area contributed by atoms with Crippen LogP contribution < -0.4 is 11.3 Å². The first-order valence-electron chi connectivity index (χ1n) is 5.15. The normalized spacial score (nSPS) is 12.0. The van der Waals surface area contributed by atoms with Gasteiger partial charge >= 0.3 is 0 Å². The van der Waals surface area contributed by atoms with Crippen LogP contribution in [0.4, 0.5) is 5.82 Å². The number of nitrogen functional groups attached to an aromatic ring is 1. The number of carbonyl (C=O) groups is 1. The van der Waals surface area contributed by atoms with E-state index >= 15 is 0 Å². The highest BCUT2D eigenvalue weighted by Gasteiger charge is 2.18. The molecule has 1 rings (SSSR count). The highest BCUT2D eigenvalue weighted by Crippen LogP contribution is 2.05. The van der Waals surface area contributed by atoms with Gasteiger partial charge in [-0.05, 0) is 6.92 Å². The number of hydrogen-bond acceptors (Lipinski definition) is 6. The first kappa shape index (κ1) is 13.3. The van der Waals surface area contributed by atoms with Crippen LogP contribution in [0.5, 0.6) is 0 Å². The highest BCUT2D eigenvalue weighted by atomic mass is 16.5. The van der Waals surface area contributed by atoms with Crippen molar-refractivity contribution in [2.75, 3.05) is 26.2 Å². The molecule has 7 heteroatoms. The minimum absolute atomic E-state index is 0.0263. The molecule has 17 heavy (non-hydrogen) atoms. The zero-order valence-electron chi connectivity index (χ0n) is 10.2. The molecule has 0 saturated heterocycles. The van der Waals surface area contributed by atoms with E-state index < -0.39 is 0 Å². The maximum absolute atomic E-state index is 12.0. The number of amides is 1. The molecule has 1 aromatic heterocycles. The molecule has 0 radical (unpaired) electrons. The zero-order chi connectivity index (χ0) is 12.8.